The van der Waals surface area contributed by atoms with Gasteiger partial charge in [0, 0.05) is 45.2 Å². The maximum atomic E-state index is 12.7. The van der Waals surface area contributed by atoms with E-state index in [2.05, 4.69) is 15.5 Å². The van der Waals surface area contributed by atoms with Gasteiger partial charge in [-0.2, -0.15) is 0 Å². The maximum Gasteiger partial charge on any atom is 0.324 e. The van der Waals surface area contributed by atoms with E-state index in [-0.39, 0.29) is 18.2 Å². The number of hydroxylamine groups is 2. The molecule has 3 heterocycles. The van der Waals surface area contributed by atoms with Crippen molar-refractivity contribution in [1.82, 2.24) is 25.5 Å². The van der Waals surface area contributed by atoms with Crippen molar-refractivity contribution in [2.24, 2.45) is 0 Å². The summed E-state index contributed by atoms with van der Waals surface area (Å²) in [6.07, 6.45) is 5.37. The highest BCUT2D eigenvalue weighted by molar-refractivity contribution is 5.74. The van der Waals surface area contributed by atoms with Gasteiger partial charge >= 0.3 is 12.0 Å². The number of rotatable bonds is 4. The summed E-state index contributed by atoms with van der Waals surface area (Å²) in [5, 5.41) is 8.13. The number of piperazine rings is 1. The molecule has 26 heavy (non-hydrogen) atoms. The topological polar surface area (TPSA) is 77.2 Å². The first-order valence-corrected chi connectivity index (χ1v) is 10.1. The third kappa shape index (κ3) is 5.08. The molecule has 0 saturated carbocycles. The van der Waals surface area contributed by atoms with Crippen molar-refractivity contribution in [2.45, 2.75) is 57.7 Å². The molecule has 0 radical (unpaired) electrons. The molecule has 8 nitrogen and oxygen atoms in total. The molecule has 0 aromatic heterocycles. The van der Waals surface area contributed by atoms with Crippen LogP contribution in [0.3, 0.4) is 0 Å². The van der Waals surface area contributed by atoms with Gasteiger partial charge in [0.25, 0.3) is 0 Å². The Labute approximate surface area is 156 Å². The van der Waals surface area contributed by atoms with E-state index in [9.17, 15) is 9.59 Å². The lowest BCUT2D eigenvalue weighted by molar-refractivity contribution is -0.210. The van der Waals surface area contributed by atoms with E-state index >= 15 is 0 Å². The second-order valence-corrected chi connectivity index (χ2v) is 7.42. The van der Waals surface area contributed by atoms with Crippen molar-refractivity contribution >= 4 is 12.0 Å². The van der Waals surface area contributed by atoms with Gasteiger partial charge in [-0.3, -0.25) is 9.69 Å². The molecule has 2 amide bonds. The molecule has 148 valence electrons. The molecule has 0 bridgehead atoms. The number of carbonyl (C=O) groups is 2. The Kier molecular flexibility index (Phi) is 7.10. The Hall–Kier alpha value is -1.38. The minimum Gasteiger partial charge on any atom is -0.366 e. The summed E-state index contributed by atoms with van der Waals surface area (Å²) in [5.41, 5.74) is 0. The minimum absolute atomic E-state index is 0.0422. The van der Waals surface area contributed by atoms with E-state index < -0.39 is 0 Å². The van der Waals surface area contributed by atoms with Gasteiger partial charge in [0.2, 0.25) is 0 Å². The molecule has 2 N–H and O–H groups in total. The Morgan fingerprint density at radius 3 is 2.46 bits per heavy atom. The molecular weight excluding hydrogens is 334 g/mol. The zero-order valence-corrected chi connectivity index (χ0v) is 15.9. The third-order valence-electron chi connectivity index (χ3n) is 5.68. The summed E-state index contributed by atoms with van der Waals surface area (Å²) < 4.78 is 0. The van der Waals surface area contributed by atoms with Crippen LogP contribution in [-0.2, 0) is 9.63 Å². The maximum absolute atomic E-state index is 12.7. The monoisotopic (exact) mass is 367 g/mol. The van der Waals surface area contributed by atoms with Crippen LogP contribution >= 0.6 is 0 Å². The Morgan fingerprint density at radius 1 is 1.04 bits per heavy atom. The summed E-state index contributed by atoms with van der Waals surface area (Å²) in [6.45, 7) is 8.06. The molecule has 3 aliphatic rings. The molecule has 0 spiro atoms. The quantitative estimate of drug-likeness (QED) is 0.763. The van der Waals surface area contributed by atoms with Crippen LogP contribution in [-0.4, -0.2) is 84.9 Å². The molecule has 8 heteroatoms. The number of amides is 2. The molecule has 0 aromatic rings. The predicted molar refractivity (Wildman–Crippen MR) is 98.3 cm³/mol. The molecule has 3 saturated heterocycles. The largest absolute Gasteiger partial charge is 0.366 e. The Balaban J connectivity index is 1.46. The predicted octanol–water partition coefficient (Wildman–Crippen LogP) is 0.746. The van der Waals surface area contributed by atoms with Gasteiger partial charge in [-0.1, -0.05) is 6.92 Å². The fraction of sp³-hybridized carbons (Fsp3) is 0.889. The number of piperidine rings is 2. The second kappa shape index (κ2) is 9.53. The van der Waals surface area contributed by atoms with Gasteiger partial charge in [-0.05, 0) is 45.2 Å². The van der Waals surface area contributed by atoms with Gasteiger partial charge in [0.15, 0.2) is 0 Å². The van der Waals surface area contributed by atoms with Gasteiger partial charge in [-0.25, -0.2) is 4.79 Å². The van der Waals surface area contributed by atoms with Gasteiger partial charge in [0.05, 0.1) is 0 Å². The highest BCUT2D eigenvalue weighted by atomic mass is 16.7. The molecule has 0 aromatic carbocycles. The summed E-state index contributed by atoms with van der Waals surface area (Å²) in [5.74, 6) is -0.248. The van der Waals surface area contributed by atoms with Crippen molar-refractivity contribution < 1.29 is 14.4 Å². The van der Waals surface area contributed by atoms with Crippen LogP contribution in [0.2, 0.25) is 0 Å². The minimum atomic E-state index is -0.248. The number of nitrogens with one attached hydrogen (secondary N) is 2. The fourth-order valence-corrected chi connectivity index (χ4v) is 4.05. The molecule has 3 rings (SSSR count). The lowest BCUT2D eigenvalue weighted by atomic mass is 10.0. The standard InChI is InChI=1S/C18H33N5O3/c1-2-17(24)26-23-10-4-3-5-16(23)20-18(25)22-13-11-21(12-14-22)15-6-8-19-9-7-15/h15-16,19H,2-14H2,1H3,(H,20,25). The highest BCUT2D eigenvalue weighted by Gasteiger charge is 2.31. The molecule has 0 aliphatic carbocycles. The van der Waals surface area contributed by atoms with Crippen LogP contribution in [0.1, 0.15) is 45.4 Å². The Bertz CT molecular complexity index is 475. The second-order valence-electron chi connectivity index (χ2n) is 7.42. The first kappa shape index (κ1) is 19.4. The third-order valence-corrected chi connectivity index (χ3v) is 5.68. The summed E-state index contributed by atoms with van der Waals surface area (Å²) in [7, 11) is 0. The van der Waals surface area contributed by atoms with E-state index in [1.54, 1.807) is 12.0 Å². The van der Waals surface area contributed by atoms with E-state index in [4.69, 9.17) is 4.84 Å². The van der Waals surface area contributed by atoms with Crippen LogP contribution in [0.4, 0.5) is 4.79 Å². The van der Waals surface area contributed by atoms with Crippen LogP contribution < -0.4 is 10.6 Å². The van der Waals surface area contributed by atoms with Crippen LogP contribution in [0.15, 0.2) is 0 Å². The smallest absolute Gasteiger partial charge is 0.324 e. The van der Waals surface area contributed by atoms with Crippen LogP contribution in [0.25, 0.3) is 0 Å². The summed E-state index contributed by atoms with van der Waals surface area (Å²) >= 11 is 0. The molecule has 3 fully saturated rings. The molecule has 1 atom stereocenters. The van der Waals surface area contributed by atoms with Crippen LogP contribution in [0, 0.1) is 0 Å². The van der Waals surface area contributed by atoms with E-state index in [0.29, 0.717) is 19.0 Å². The summed E-state index contributed by atoms with van der Waals surface area (Å²) in [4.78, 5) is 34.1. The number of hydrogen-bond acceptors (Lipinski definition) is 6. The van der Waals surface area contributed by atoms with Crippen LogP contribution in [0.5, 0.6) is 0 Å². The van der Waals surface area contributed by atoms with E-state index in [0.717, 1.165) is 58.5 Å². The number of urea groups is 1. The number of carbonyl (C=O) groups excluding carboxylic acids is 2. The first-order valence-electron chi connectivity index (χ1n) is 10.1. The zero-order valence-electron chi connectivity index (χ0n) is 15.9. The fourth-order valence-electron chi connectivity index (χ4n) is 4.05. The average Bonchev–Trinajstić information content (AvgIpc) is 2.70. The van der Waals surface area contributed by atoms with Crippen molar-refractivity contribution in [2.75, 3.05) is 45.8 Å². The van der Waals surface area contributed by atoms with E-state index in [1.807, 2.05) is 4.90 Å². The van der Waals surface area contributed by atoms with E-state index in [1.165, 1.54) is 12.8 Å². The SMILES string of the molecule is CCC(=O)ON1CCCCC1NC(=O)N1CCN(C2CCNCC2)CC1. The molecular formula is C18H33N5O3. The number of nitrogens with zero attached hydrogens (tertiary/aromatic N) is 3. The van der Waals surface area contributed by atoms with Crippen molar-refractivity contribution in [3.05, 3.63) is 0 Å². The molecule has 1 unspecified atom stereocenters. The summed E-state index contributed by atoms with van der Waals surface area (Å²) in [6, 6.07) is 0.614. The van der Waals surface area contributed by atoms with Gasteiger partial charge < -0.3 is 20.4 Å². The van der Waals surface area contributed by atoms with Gasteiger partial charge in [-0.15, -0.1) is 5.06 Å². The Morgan fingerprint density at radius 2 is 1.77 bits per heavy atom. The average molecular weight is 367 g/mol. The van der Waals surface area contributed by atoms with Gasteiger partial charge in [0.1, 0.15) is 6.17 Å². The van der Waals surface area contributed by atoms with Crippen molar-refractivity contribution in [3.63, 3.8) is 0 Å². The zero-order chi connectivity index (χ0) is 18.4. The molecule has 3 aliphatic heterocycles. The normalized spacial score (nSPS) is 26.5. The lowest BCUT2D eigenvalue weighted by Gasteiger charge is -2.41. The van der Waals surface area contributed by atoms with Crippen molar-refractivity contribution in [1.29, 1.82) is 0 Å². The number of hydrogen-bond donors (Lipinski definition) is 2. The van der Waals surface area contributed by atoms with Crippen molar-refractivity contribution in [3.8, 4) is 0 Å². The highest BCUT2D eigenvalue weighted by Crippen LogP contribution is 2.18. The first-order chi connectivity index (χ1) is 12.7. The lowest BCUT2D eigenvalue weighted by Crippen LogP contribution is -2.59.